The molecule has 0 radical (unpaired) electrons. The lowest BCUT2D eigenvalue weighted by atomic mass is 10.1. The van der Waals surface area contributed by atoms with Gasteiger partial charge in [0.05, 0.1) is 11.3 Å². The van der Waals surface area contributed by atoms with Gasteiger partial charge < -0.3 is 16.0 Å². The first-order valence-corrected chi connectivity index (χ1v) is 8.85. The summed E-state index contributed by atoms with van der Waals surface area (Å²) in [4.78, 5) is 16.4. The molecular formula is C21H22FN5O. The van der Waals surface area contributed by atoms with Crippen LogP contribution in [0.2, 0.25) is 0 Å². The highest BCUT2D eigenvalue weighted by Crippen LogP contribution is 2.28. The second-order valence-corrected chi connectivity index (χ2v) is 6.58. The zero-order chi connectivity index (χ0) is 20.1. The monoisotopic (exact) mass is 379 g/mol. The van der Waals surface area contributed by atoms with Gasteiger partial charge in [-0.2, -0.15) is 6.20 Å². The molecule has 0 fully saturated rings. The molecule has 0 aliphatic carbocycles. The summed E-state index contributed by atoms with van der Waals surface area (Å²) in [7, 11) is 1.94. The lowest BCUT2D eigenvalue weighted by molar-refractivity contribution is -0.429. The number of hydrogen-bond acceptors (Lipinski definition) is 3. The summed E-state index contributed by atoms with van der Waals surface area (Å²) in [6.07, 6.45) is 10.3. The third-order valence-corrected chi connectivity index (χ3v) is 4.18. The quantitative estimate of drug-likeness (QED) is 0.718. The average Bonchev–Trinajstić information content (AvgIpc) is 2.65. The molecule has 0 saturated heterocycles. The summed E-state index contributed by atoms with van der Waals surface area (Å²) >= 11 is 0. The van der Waals surface area contributed by atoms with Crippen molar-refractivity contribution < 1.29 is 13.8 Å². The van der Waals surface area contributed by atoms with Crippen LogP contribution in [-0.4, -0.2) is 28.7 Å². The molecule has 2 aromatic rings. The number of halogens is 1. The Balaban J connectivity index is 1.64. The molecule has 28 heavy (non-hydrogen) atoms. The van der Waals surface area contributed by atoms with Crippen LogP contribution in [0, 0.1) is 12.7 Å². The normalized spacial score (nSPS) is 14.0. The molecule has 1 amide bonds. The number of benzene rings is 1. The molecule has 6 nitrogen and oxygen atoms in total. The van der Waals surface area contributed by atoms with Gasteiger partial charge in [-0.25, -0.2) is 8.97 Å². The lowest BCUT2D eigenvalue weighted by Gasteiger charge is -2.27. The first-order valence-electron chi connectivity index (χ1n) is 8.85. The molecule has 1 unspecified atom stereocenters. The first-order chi connectivity index (χ1) is 13.4. The fourth-order valence-corrected chi connectivity index (χ4v) is 2.73. The first kappa shape index (κ1) is 19.3. The van der Waals surface area contributed by atoms with Gasteiger partial charge in [0.15, 0.2) is 18.1 Å². The van der Waals surface area contributed by atoms with E-state index in [-0.39, 0.29) is 5.69 Å². The Morgan fingerprint density at radius 2 is 2.14 bits per heavy atom. The number of nitrogens with one attached hydrogen (secondary N) is 2. The van der Waals surface area contributed by atoms with E-state index in [4.69, 9.17) is 0 Å². The summed E-state index contributed by atoms with van der Waals surface area (Å²) in [5, 5.41) is 10.0. The van der Waals surface area contributed by atoms with Crippen molar-refractivity contribution in [3.63, 3.8) is 0 Å². The van der Waals surface area contributed by atoms with Gasteiger partial charge in [-0.05, 0) is 36.4 Å². The van der Waals surface area contributed by atoms with Gasteiger partial charge >= 0.3 is 0 Å². The smallest absolute Gasteiger partial charge is 0.257 e. The SMILES string of the molecule is Cc1cncc(C(=O)Nc2cccc(C(C)[N-]C=CNC3=C[N+](C)=C3)c2F)c1. The molecule has 1 atom stereocenters. The van der Waals surface area contributed by atoms with Crippen LogP contribution in [-0.2, 0) is 0 Å². The van der Waals surface area contributed by atoms with Gasteiger partial charge in [0, 0.05) is 12.4 Å². The molecule has 1 aliphatic rings. The zero-order valence-electron chi connectivity index (χ0n) is 16.0. The fraction of sp³-hybridized carbons (Fsp3) is 0.190. The van der Waals surface area contributed by atoms with Gasteiger partial charge in [-0.15, -0.1) is 0 Å². The van der Waals surface area contributed by atoms with Crippen molar-refractivity contribution in [2.24, 2.45) is 0 Å². The fourth-order valence-electron chi connectivity index (χ4n) is 2.73. The number of carbonyl (C=O) groups is 1. The van der Waals surface area contributed by atoms with Crippen molar-refractivity contribution in [3.8, 4) is 0 Å². The average molecular weight is 379 g/mol. The van der Waals surface area contributed by atoms with E-state index < -0.39 is 17.8 Å². The standard InChI is InChI=1S/C21H22FN5O/c1-14-9-16(11-23-10-14)21(28)26-19-6-4-5-18(20(19)22)15(2)24-7-8-25-17-12-27(3)13-17/h4-13,15,25H,1-3H3,(H,26,28). The number of aryl methyl sites for hydroxylation is 1. The molecule has 3 rings (SSSR count). The Hall–Kier alpha value is -3.48. The van der Waals surface area contributed by atoms with E-state index in [1.165, 1.54) is 12.3 Å². The second-order valence-electron chi connectivity index (χ2n) is 6.58. The highest BCUT2D eigenvalue weighted by Gasteiger charge is 2.13. The predicted molar refractivity (Wildman–Crippen MR) is 108 cm³/mol. The van der Waals surface area contributed by atoms with Crippen LogP contribution < -0.4 is 10.6 Å². The van der Waals surface area contributed by atoms with Crippen LogP contribution in [0.5, 0.6) is 0 Å². The molecule has 0 saturated carbocycles. The maximum Gasteiger partial charge on any atom is 0.257 e. The van der Waals surface area contributed by atoms with Crippen molar-refractivity contribution in [2.75, 3.05) is 12.4 Å². The van der Waals surface area contributed by atoms with E-state index in [0.717, 1.165) is 11.3 Å². The highest BCUT2D eigenvalue weighted by molar-refractivity contribution is 6.04. The number of nitrogens with zero attached hydrogens (tertiary/aromatic N) is 3. The summed E-state index contributed by atoms with van der Waals surface area (Å²) in [6, 6.07) is 6.18. The minimum Gasteiger partial charge on any atom is -0.683 e. The van der Waals surface area contributed by atoms with Crippen molar-refractivity contribution >= 4 is 17.8 Å². The molecule has 2 N–H and O–H groups in total. The van der Waals surface area contributed by atoms with E-state index in [0.29, 0.717) is 11.1 Å². The second kappa shape index (κ2) is 8.47. The van der Waals surface area contributed by atoms with Gasteiger partial charge in [-0.1, -0.05) is 25.1 Å². The molecule has 1 aliphatic heterocycles. The van der Waals surface area contributed by atoms with Crippen LogP contribution in [0.15, 0.2) is 61.0 Å². The van der Waals surface area contributed by atoms with E-state index >= 15 is 0 Å². The molecule has 144 valence electrons. The van der Waals surface area contributed by atoms with Crippen molar-refractivity contribution in [2.45, 2.75) is 19.9 Å². The van der Waals surface area contributed by atoms with Crippen LogP contribution in [0.3, 0.4) is 0 Å². The number of carbonyl (C=O) groups excluding carboxylic acids is 1. The van der Waals surface area contributed by atoms with Crippen molar-refractivity contribution in [3.05, 3.63) is 88.8 Å². The van der Waals surface area contributed by atoms with Crippen LogP contribution in [0.1, 0.15) is 34.5 Å². The number of allylic oxidation sites excluding steroid dienone is 1. The predicted octanol–water partition coefficient (Wildman–Crippen LogP) is 3.85. The molecule has 0 spiro atoms. The van der Waals surface area contributed by atoms with Crippen LogP contribution >= 0.6 is 0 Å². The van der Waals surface area contributed by atoms with Crippen LogP contribution in [0.25, 0.3) is 5.32 Å². The summed E-state index contributed by atoms with van der Waals surface area (Å²) < 4.78 is 16.8. The topological polar surface area (TPSA) is 71.1 Å². The van der Waals surface area contributed by atoms with Gasteiger partial charge in [0.1, 0.15) is 12.9 Å². The number of rotatable bonds is 7. The number of pyridine rings is 1. The molecule has 2 heterocycles. The molecule has 1 aromatic heterocycles. The number of hydrogen-bond donors (Lipinski definition) is 2. The molecule has 1 aromatic carbocycles. The Bertz CT molecular complexity index is 981. The van der Waals surface area contributed by atoms with Gasteiger partial charge in [0.25, 0.3) is 5.91 Å². The minimum atomic E-state index is -0.495. The molecule has 7 heteroatoms. The number of amides is 1. The third kappa shape index (κ3) is 4.62. The summed E-state index contributed by atoms with van der Waals surface area (Å²) in [5.41, 5.74) is 2.73. The maximum absolute atomic E-state index is 14.9. The van der Waals surface area contributed by atoms with E-state index in [2.05, 4.69) is 20.9 Å². The van der Waals surface area contributed by atoms with Gasteiger partial charge in [0.2, 0.25) is 0 Å². The Kier molecular flexibility index (Phi) is 5.84. The van der Waals surface area contributed by atoms with E-state index in [9.17, 15) is 9.18 Å². The summed E-state index contributed by atoms with van der Waals surface area (Å²) in [6.45, 7) is 3.63. The zero-order valence-corrected chi connectivity index (χ0v) is 16.0. The largest absolute Gasteiger partial charge is 0.683 e. The van der Waals surface area contributed by atoms with Gasteiger partial charge in [-0.3, -0.25) is 9.78 Å². The van der Waals surface area contributed by atoms with E-state index in [1.54, 1.807) is 43.7 Å². The Morgan fingerprint density at radius 1 is 1.36 bits per heavy atom. The Labute approximate surface area is 163 Å². The molecular weight excluding hydrogens is 357 g/mol. The Morgan fingerprint density at radius 3 is 2.86 bits per heavy atom. The number of anilines is 1. The lowest BCUT2D eigenvalue weighted by Crippen LogP contribution is -2.21. The highest BCUT2D eigenvalue weighted by atomic mass is 19.1. The third-order valence-electron chi connectivity index (χ3n) is 4.18. The minimum absolute atomic E-state index is 0.116. The molecule has 0 bridgehead atoms. The number of aromatic nitrogens is 1. The van der Waals surface area contributed by atoms with E-state index in [1.807, 2.05) is 31.0 Å². The summed E-state index contributed by atoms with van der Waals surface area (Å²) in [5.74, 6) is -0.901. The van der Waals surface area contributed by atoms with Crippen LogP contribution in [0.4, 0.5) is 10.1 Å². The maximum atomic E-state index is 14.9. The van der Waals surface area contributed by atoms with Crippen molar-refractivity contribution in [1.82, 2.24) is 10.3 Å². The van der Waals surface area contributed by atoms with Crippen molar-refractivity contribution in [1.29, 1.82) is 0 Å².